The highest BCUT2D eigenvalue weighted by Crippen LogP contribution is 2.35. The van der Waals surface area contributed by atoms with E-state index in [1.807, 2.05) is 38.1 Å². The molecule has 20 heavy (non-hydrogen) atoms. The number of carbonyl (C=O) groups excluding carboxylic acids is 1. The number of benzene rings is 1. The van der Waals surface area contributed by atoms with Gasteiger partial charge in [-0.25, -0.2) is 5.01 Å². The summed E-state index contributed by atoms with van der Waals surface area (Å²) in [5.41, 5.74) is 8.13. The van der Waals surface area contributed by atoms with E-state index in [1.54, 1.807) is 5.01 Å². The number of nitrogen functional groups attached to an aromatic ring is 1. The number of rotatable bonds is 3. The van der Waals surface area contributed by atoms with Gasteiger partial charge in [0.25, 0.3) is 0 Å². The first kappa shape index (κ1) is 13.2. The molecule has 2 N–H and O–H groups in total. The number of anilines is 1. The minimum atomic E-state index is -0.382. The number of carbonyl (C=O) groups is 1. The zero-order valence-corrected chi connectivity index (χ0v) is 12.1. The summed E-state index contributed by atoms with van der Waals surface area (Å²) < 4.78 is 0. The van der Waals surface area contributed by atoms with Gasteiger partial charge < -0.3 is 5.73 Å². The molecule has 1 amide bonds. The van der Waals surface area contributed by atoms with Crippen LogP contribution in [0.1, 0.15) is 38.7 Å². The van der Waals surface area contributed by atoms with Crippen molar-refractivity contribution < 1.29 is 4.79 Å². The molecule has 1 heterocycles. The molecule has 1 aliphatic carbocycles. The van der Waals surface area contributed by atoms with Crippen LogP contribution in [-0.2, 0) is 4.79 Å². The molecule has 0 radical (unpaired) electrons. The van der Waals surface area contributed by atoms with Crippen molar-refractivity contribution in [3.05, 3.63) is 29.8 Å². The van der Waals surface area contributed by atoms with Crippen molar-refractivity contribution in [2.24, 2.45) is 16.4 Å². The second-order valence-electron chi connectivity index (χ2n) is 6.56. The molecule has 4 heteroatoms. The van der Waals surface area contributed by atoms with Crippen molar-refractivity contribution in [2.75, 3.05) is 12.3 Å². The van der Waals surface area contributed by atoms with E-state index in [9.17, 15) is 4.79 Å². The molecule has 106 valence electrons. The molecule has 2 aliphatic rings. The maximum absolute atomic E-state index is 12.4. The van der Waals surface area contributed by atoms with Crippen LogP contribution in [0.4, 0.5) is 5.69 Å². The minimum Gasteiger partial charge on any atom is -0.399 e. The highest BCUT2D eigenvalue weighted by atomic mass is 16.2. The Morgan fingerprint density at radius 3 is 2.55 bits per heavy atom. The lowest BCUT2D eigenvalue weighted by atomic mass is 9.82. The first-order valence-electron chi connectivity index (χ1n) is 7.21. The van der Waals surface area contributed by atoms with E-state index in [1.165, 1.54) is 12.8 Å². The topological polar surface area (TPSA) is 58.7 Å². The predicted octanol–water partition coefficient (Wildman–Crippen LogP) is 2.64. The molecule has 3 rings (SSSR count). The molecule has 1 saturated carbocycles. The first-order valence-corrected chi connectivity index (χ1v) is 7.21. The minimum absolute atomic E-state index is 0.142. The molecule has 1 aliphatic heterocycles. The van der Waals surface area contributed by atoms with Gasteiger partial charge in [0.15, 0.2) is 0 Å². The largest absolute Gasteiger partial charge is 0.399 e. The zero-order chi connectivity index (χ0) is 14.3. The van der Waals surface area contributed by atoms with Gasteiger partial charge in [-0.3, -0.25) is 4.79 Å². The van der Waals surface area contributed by atoms with Crippen molar-refractivity contribution in [1.82, 2.24) is 5.01 Å². The van der Waals surface area contributed by atoms with Crippen molar-refractivity contribution in [1.29, 1.82) is 0 Å². The second kappa shape index (κ2) is 4.62. The standard InChI is InChI=1S/C16H21N3O/c1-16(2)9-14(12-5-7-13(17)8-6-12)18-19(15(16)20)10-11-3-4-11/h5-8,11H,3-4,9-10,17H2,1-2H3. The molecule has 0 bridgehead atoms. The highest BCUT2D eigenvalue weighted by Gasteiger charge is 2.39. The predicted molar refractivity (Wildman–Crippen MR) is 80.2 cm³/mol. The fourth-order valence-corrected chi connectivity index (χ4v) is 2.57. The van der Waals surface area contributed by atoms with Crippen LogP contribution in [0.5, 0.6) is 0 Å². The fourth-order valence-electron chi connectivity index (χ4n) is 2.57. The third-order valence-electron chi connectivity index (χ3n) is 4.04. The molecular formula is C16H21N3O. The van der Waals surface area contributed by atoms with Crippen LogP contribution >= 0.6 is 0 Å². The van der Waals surface area contributed by atoms with Gasteiger partial charge in [0.1, 0.15) is 0 Å². The second-order valence-corrected chi connectivity index (χ2v) is 6.56. The van der Waals surface area contributed by atoms with Crippen LogP contribution in [0.15, 0.2) is 29.4 Å². The summed E-state index contributed by atoms with van der Waals surface area (Å²) in [7, 11) is 0. The lowest BCUT2D eigenvalue weighted by Crippen LogP contribution is -2.44. The first-order chi connectivity index (χ1) is 9.45. The maximum atomic E-state index is 12.4. The molecular weight excluding hydrogens is 250 g/mol. The van der Waals surface area contributed by atoms with Gasteiger partial charge in [-0.15, -0.1) is 0 Å². The Morgan fingerprint density at radius 2 is 1.95 bits per heavy atom. The van der Waals surface area contributed by atoms with E-state index in [4.69, 9.17) is 5.73 Å². The number of amides is 1. The van der Waals surface area contributed by atoms with Crippen molar-refractivity contribution in [3.8, 4) is 0 Å². The fraction of sp³-hybridized carbons (Fsp3) is 0.500. The Hall–Kier alpha value is -1.84. The maximum Gasteiger partial charge on any atom is 0.248 e. The Balaban J connectivity index is 1.91. The van der Waals surface area contributed by atoms with Gasteiger partial charge in [-0.05, 0) is 36.5 Å². The van der Waals surface area contributed by atoms with Crippen LogP contribution in [0.2, 0.25) is 0 Å². The average Bonchev–Trinajstić information content (AvgIpc) is 3.19. The van der Waals surface area contributed by atoms with E-state index >= 15 is 0 Å². The highest BCUT2D eigenvalue weighted by molar-refractivity contribution is 6.05. The molecule has 1 aromatic rings. The van der Waals surface area contributed by atoms with E-state index in [2.05, 4.69) is 5.10 Å². The molecule has 1 aromatic carbocycles. The quantitative estimate of drug-likeness (QED) is 0.859. The van der Waals surface area contributed by atoms with Crippen LogP contribution < -0.4 is 5.73 Å². The van der Waals surface area contributed by atoms with Gasteiger partial charge >= 0.3 is 0 Å². The van der Waals surface area contributed by atoms with Crippen LogP contribution in [-0.4, -0.2) is 23.2 Å². The Bertz CT molecular complexity index is 556. The van der Waals surface area contributed by atoms with E-state index in [0.29, 0.717) is 12.3 Å². The number of hydrazone groups is 1. The van der Waals surface area contributed by atoms with Crippen LogP contribution in [0.25, 0.3) is 0 Å². The number of hydrogen-bond donors (Lipinski definition) is 1. The van der Waals surface area contributed by atoms with Crippen molar-refractivity contribution in [3.63, 3.8) is 0 Å². The van der Waals surface area contributed by atoms with Crippen LogP contribution in [0, 0.1) is 11.3 Å². The molecule has 1 fully saturated rings. The number of hydrogen-bond acceptors (Lipinski definition) is 3. The molecule has 0 unspecified atom stereocenters. The van der Waals surface area contributed by atoms with Crippen molar-refractivity contribution >= 4 is 17.3 Å². The van der Waals surface area contributed by atoms with Gasteiger partial charge in [0, 0.05) is 18.7 Å². The lowest BCUT2D eigenvalue weighted by Gasteiger charge is -2.34. The van der Waals surface area contributed by atoms with E-state index in [0.717, 1.165) is 23.5 Å². The Morgan fingerprint density at radius 1 is 1.30 bits per heavy atom. The summed E-state index contributed by atoms with van der Waals surface area (Å²) in [4.78, 5) is 12.4. The summed E-state index contributed by atoms with van der Waals surface area (Å²) in [6.45, 7) is 4.77. The normalized spacial score (nSPS) is 21.8. The van der Waals surface area contributed by atoms with E-state index in [-0.39, 0.29) is 11.3 Å². The van der Waals surface area contributed by atoms with Crippen molar-refractivity contribution in [2.45, 2.75) is 33.1 Å². The Labute approximate surface area is 119 Å². The number of nitrogens with two attached hydrogens (primary N) is 1. The molecule has 0 spiro atoms. The third kappa shape index (κ3) is 2.55. The lowest BCUT2D eigenvalue weighted by molar-refractivity contribution is -0.141. The van der Waals surface area contributed by atoms with Crippen LogP contribution in [0.3, 0.4) is 0 Å². The average molecular weight is 271 g/mol. The summed E-state index contributed by atoms with van der Waals surface area (Å²) in [5.74, 6) is 0.785. The molecule has 4 nitrogen and oxygen atoms in total. The van der Waals surface area contributed by atoms with Gasteiger partial charge in [0.05, 0.1) is 11.1 Å². The Kier molecular flexibility index (Phi) is 3.04. The summed E-state index contributed by atoms with van der Waals surface area (Å²) >= 11 is 0. The monoisotopic (exact) mass is 271 g/mol. The molecule has 0 aromatic heterocycles. The molecule has 0 atom stereocenters. The van der Waals surface area contributed by atoms with Gasteiger partial charge in [-0.2, -0.15) is 5.10 Å². The molecule has 0 saturated heterocycles. The third-order valence-corrected chi connectivity index (χ3v) is 4.04. The summed E-state index contributed by atoms with van der Waals surface area (Å²) in [6.07, 6.45) is 3.12. The van der Waals surface area contributed by atoms with E-state index < -0.39 is 0 Å². The van der Waals surface area contributed by atoms with Gasteiger partial charge in [-0.1, -0.05) is 26.0 Å². The summed E-state index contributed by atoms with van der Waals surface area (Å²) in [5, 5.41) is 6.29. The SMILES string of the molecule is CC1(C)CC(c2ccc(N)cc2)=NN(CC2CC2)C1=O. The smallest absolute Gasteiger partial charge is 0.248 e. The van der Waals surface area contributed by atoms with Gasteiger partial charge in [0.2, 0.25) is 5.91 Å². The zero-order valence-electron chi connectivity index (χ0n) is 12.1. The summed E-state index contributed by atoms with van der Waals surface area (Å²) in [6, 6.07) is 7.73. The number of nitrogens with zero attached hydrogens (tertiary/aromatic N) is 2.